The van der Waals surface area contributed by atoms with Crippen LogP contribution in [0.3, 0.4) is 0 Å². The van der Waals surface area contributed by atoms with E-state index in [1.165, 1.54) is 13.1 Å². The Bertz CT molecular complexity index is 164. The first kappa shape index (κ1) is 12.0. The molecular formula is C13H27N. The van der Waals surface area contributed by atoms with Gasteiger partial charge in [0.1, 0.15) is 0 Å². The van der Waals surface area contributed by atoms with E-state index in [9.17, 15) is 0 Å². The van der Waals surface area contributed by atoms with Crippen LogP contribution in [-0.2, 0) is 0 Å². The summed E-state index contributed by atoms with van der Waals surface area (Å²) in [6.07, 6.45) is 0. The van der Waals surface area contributed by atoms with Crippen molar-refractivity contribution < 1.29 is 0 Å². The minimum atomic E-state index is 0.897. The number of nitrogens with zero attached hydrogens (tertiary/aromatic N) is 1. The summed E-state index contributed by atoms with van der Waals surface area (Å²) in [6, 6.07) is 0. The summed E-state index contributed by atoms with van der Waals surface area (Å²) < 4.78 is 0. The molecule has 0 aliphatic heterocycles. The minimum absolute atomic E-state index is 0.897. The zero-order valence-corrected chi connectivity index (χ0v) is 10.7. The molecule has 4 unspecified atom stereocenters. The summed E-state index contributed by atoms with van der Waals surface area (Å²) in [6.45, 7) is 14.5. The summed E-state index contributed by atoms with van der Waals surface area (Å²) >= 11 is 0. The lowest BCUT2D eigenvalue weighted by Crippen LogP contribution is -2.30. The molecule has 1 rings (SSSR count). The molecule has 0 bridgehead atoms. The SMILES string of the molecule is CCN(C)CC1C(C)C(C)C(C)C1C. The first-order chi connectivity index (χ1) is 6.49. The van der Waals surface area contributed by atoms with E-state index in [1.54, 1.807) is 0 Å². The molecule has 0 aromatic carbocycles. The third kappa shape index (κ3) is 2.13. The third-order valence-electron chi connectivity index (χ3n) is 4.90. The number of hydrogen-bond acceptors (Lipinski definition) is 1. The number of hydrogen-bond donors (Lipinski definition) is 0. The van der Waals surface area contributed by atoms with E-state index >= 15 is 0 Å². The molecule has 84 valence electrons. The lowest BCUT2D eigenvalue weighted by molar-refractivity contribution is 0.213. The summed E-state index contributed by atoms with van der Waals surface area (Å²) in [7, 11) is 2.24. The molecule has 4 atom stereocenters. The maximum absolute atomic E-state index is 2.46. The van der Waals surface area contributed by atoms with Crippen molar-refractivity contribution in [2.45, 2.75) is 34.6 Å². The maximum atomic E-state index is 2.46. The van der Waals surface area contributed by atoms with Crippen molar-refractivity contribution in [3.8, 4) is 0 Å². The average molecular weight is 197 g/mol. The van der Waals surface area contributed by atoms with Gasteiger partial charge in [0, 0.05) is 6.54 Å². The van der Waals surface area contributed by atoms with Gasteiger partial charge in [-0.2, -0.15) is 0 Å². The van der Waals surface area contributed by atoms with Crippen molar-refractivity contribution >= 4 is 0 Å². The van der Waals surface area contributed by atoms with Crippen molar-refractivity contribution in [2.24, 2.45) is 29.6 Å². The molecule has 0 N–H and O–H groups in total. The van der Waals surface area contributed by atoms with Crippen LogP contribution in [0, 0.1) is 29.6 Å². The lowest BCUT2D eigenvalue weighted by atomic mass is 9.89. The molecule has 0 amide bonds. The average Bonchev–Trinajstić information content (AvgIpc) is 2.35. The van der Waals surface area contributed by atoms with Gasteiger partial charge >= 0.3 is 0 Å². The molecule has 1 nitrogen and oxygen atoms in total. The Morgan fingerprint density at radius 2 is 1.29 bits per heavy atom. The molecule has 0 aromatic rings. The van der Waals surface area contributed by atoms with Crippen LogP contribution in [0.4, 0.5) is 0 Å². The van der Waals surface area contributed by atoms with Gasteiger partial charge < -0.3 is 4.90 Å². The molecule has 0 radical (unpaired) electrons. The van der Waals surface area contributed by atoms with E-state index in [1.807, 2.05) is 0 Å². The van der Waals surface area contributed by atoms with Gasteiger partial charge in [0.25, 0.3) is 0 Å². The fourth-order valence-electron chi connectivity index (χ4n) is 3.04. The Kier molecular flexibility index (Phi) is 4.00. The second kappa shape index (κ2) is 4.65. The molecule has 0 heterocycles. The van der Waals surface area contributed by atoms with E-state index in [0.29, 0.717) is 0 Å². The van der Waals surface area contributed by atoms with E-state index in [-0.39, 0.29) is 0 Å². The highest BCUT2D eigenvalue weighted by molar-refractivity contribution is 4.90. The van der Waals surface area contributed by atoms with Gasteiger partial charge in [0.2, 0.25) is 0 Å². The molecular weight excluding hydrogens is 170 g/mol. The largest absolute Gasteiger partial charge is 0.306 e. The van der Waals surface area contributed by atoms with Gasteiger partial charge in [-0.05, 0) is 43.2 Å². The van der Waals surface area contributed by atoms with E-state index in [2.05, 4.69) is 46.6 Å². The van der Waals surface area contributed by atoms with Gasteiger partial charge in [-0.25, -0.2) is 0 Å². The van der Waals surface area contributed by atoms with Crippen LogP contribution in [0.25, 0.3) is 0 Å². The monoisotopic (exact) mass is 197 g/mol. The molecule has 0 spiro atoms. The fraction of sp³-hybridized carbons (Fsp3) is 1.00. The molecule has 1 aliphatic carbocycles. The Balaban J connectivity index is 2.60. The smallest absolute Gasteiger partial charge is 0.00118 e. The first-order valence-corrected chi connectivity index (χ1v) is 6.17. The molecule has 0 aromatic heterocycles. The second-order valence-electron chi connectivity index (χ2n) is 5.46. The molecule has 14 heavy (non-hydrogen) atoms. The van der Waals surface area contributed by atoms with Crippen LogP contribution in [0.1, 0.15) is 34.6 Å². The van der Waals surface area contributed by atoms with Crippen LogP contribution in [0.5, 0.6) is 0 Å². The van der Waals surface area contributed by atoms with Crippen molar-refractivity contribution in [2.75, 3.05) is 20.1 Å². The van der Waals surface area contributed by atoms with Gasteiger partial charge in [-0.1, -0.05) is 34.6 Å². The van der Waals surface area contributed by atoms with Crippen molar-refractivity contribution in [3.63, 3.8) is 0 Å². The molecule has 1 saturated carbocycles. The van der Waals surface area contributed by atoms with E-state index < -0.39 is 0 Å². The van der Waals surface area contributed by atoms with Crippen LogP contribution in [-0.4, -0.2) is 25.0 Å². The zero-order chi connectivity index (χ0) is 10.9. The zero-order valence-electron chi connectivity index (χ0n) is 10.7. The molecule has 0 saturated heterocycles. The Morgan fingerprint density at radius 1 is 0.857 bits per heavy atom. The number of rotatable bonds is 3. The second-order valence-corrected chi connectivity index (χ2v) is 5.46. The van der Waals surface area contributed by atoms with Crippen molar-refractivity contribution in [1.29, 1.82) is 0 Å². The van der Waals surface area contributed by atoms with Gasteiger partial charge in [0.05, 0.1) is 0 Å². The summed E-state index contributed by atoms with van der Waals surface area (Å²) in [5.74, 6) is 4.51. The molecule has 1 heteroatoms. The first-order valence-electron chi connectivity index (χ1n) is 6.17. The van der Waals surface area contributed by atoms with Crippen molar-refractivity contribution in [3.05, 3.63) is 0 Å². The molecule has 1 aliphatic rings. The van der Waals surface area contributed by atoms with Crippen LogP contribution in [0.15, 0.2) is 0 Å². The Labute approximate surface area is 89.9 Å². The minimum Gasteiger partial charge on any atom is -0.306 e. The Morgan fingerprint density at radius 3 is 1.64 bits per heavy atom. The van der Waals surface area contributed by atoms with Crippen LogP contribution >= 0.6 is 0 Å². The topological polar surface area (TPSA) is 3.24 Å². The Hall–Kier alpha value is -0.0400. The predicted molar refractivity (Wildman–Crippen MR) is 63.3 cm³/mol. The third-order valence-corrected chi connectivity index (χ3v) is 4.90. The van der Waals surface area contributed by atoms with Gasteiger partial charge in [-0.15, -0.1) is 0 Å². The van der Waals surface area contributed by atoms with Crippen molar-refractivity contribution in [1.82, 2.24) is 4.90 Å². The quantitative estimate of drug-likeness (QED) is 0.672. The van der Waals surface area contributed by atoms with Crippen LogP contribution < -0.4 is 0 Å². The summed E-state index contributed by atoms with van der Waals surface area (Å²) in [5, 5.41) is 0. The van der Waals surface area contributed by atoms with Gasteiger partial charge in [-0.3, -0.25) is 0 Å². The summed E-state index contributed by atoms with van der Waals surface area (Å²) in [4.78, 5) is 2.46. The predicted octanol–water partition coefficient (Wildman–Crippen LogP) is 3.11. The summed E-state index contributed by atoms with van der Waals surface area (Å²) in [5.41, 5.74) is 0. The maximum Gasteiger partial charge on any atom is 0.00118 e. The highest BCUT2D eigenvalue weighted by atomic mass is 15.1. The standard InChI is InChI=1S/C13H27N/c1-7-14(6)8-13-11(4)9(2)10(3)12(13)5/h9-13H,7-8H2,1-6H3. The highest BCUT2D eigenvalue weighted by Gasteiger charge is 2.41. The lowest BCUT2D eigenvalue weighted by Gasteiger charge is -2.26. The fourth-order valence-corrected chi connectivity index (χ4v) is 3.04. The van der Waals surface area contributed by atoms with Crippen LogP contribution in [0.2, 0.25) is 0 Å². The molecule has 1 fully saturated rings. The normalized spacial score (nSPS) is 43.5. The van der Waals surface area contributed by atoms with E-state index in [4.69, 9.17) is 0 Å². The highest BCUT2D eigenvalue weighted by Crippen LogP contribution is 2.45. The van der Waals surface area contributed by atoms with Gasteiger partial charge in [0.15, 0.2) is 0 Å². The van der Waals surface area contributed by atoms with E-state index in [0.717, 1.165) is 29.6 Å².